The number of anilines is 1. The lowest BCUT2D eigenvalue weighted by molar-refractivity contribution is 0.189. The molecule has 4 nitrogen and oxygen atoms in total. The highest BCUT2D eigenvalue weighted by Crippen LogP contribution is 2.32. The minimum absolute atomic E-state index is 0.0541. The van der Waals surface area contributed by atoms with E-state index in [0.29, 0.717) is 17.3 Å². The number of fused-ring (bicyclic) bond motifs is 3. The van der Waals surface area contributed by atoms with Gasteiger partial charge in [0.2, 0.25) is 0 Å². The fraction of sp³-hybridized carbons (Fsp3) is 0.150. The molecule has 0 fully saturated rings. The van der Waals surface area contributed by atoms with E-state index in [1.807, 2.05) is 41.4 Å². The molecule has 3 aromatic rings. The van der Waals surface area contributed by atoms with Crippen molar-refractivity contribution in [2.24, 2.45) is 0 Å². The Balaban J connectivity index is 1.70. The van der Waals surface area contributed by atoms with E-state index in [-0.39, 0.29) is 12.1 Å². The second kappa shape index (κ2) is 6.30. The number of rotatable bonds is 1. The molecule has 1 atom stereocenters. The van der Waals surface area contributed by atoms with Crippen LogP contribution in [0.5, 0.6) is 0 Å². The van der Waals surface area contributed by atoms with Crippen LogP contribution < -0.4 is 5.32 Å². The third-order valence-corrected chi connectivity index (χ3v) is 4.84. The molecular formula is C20H18ClN3O. The second-order valence-corrected chi connectivity index (χ2v) is 6.61. The van der Waals surface area contributed by atoms with E-state index < -0.39 is 0 Å². The Kier molecular flexibility index (Phi) is 3.98. The van der Waals surface area contributed by atoms with Crippen molar-refractivity contribution in [3.05, 3.63) is 83.1 Å². The summed E-state index contributed by atoms with van der Waals surface area (Å²) >= 11 is 6.02. The van der Waals surface area contributed by atoms with Gasteiger partial charge >= 0.3 is 6.03 Å². The Morgan fingerprint density at radius 1 is 1.12 bits per heavy atom. The molecule has 0 radical (unpaired) electrons. The molecule has 1 aliphatic heterocycles. The van der Waals surface area contributed by atoms with Gasteiger partial charge in [-0.05, 0) is 48.9 Å². The molecule has 2 heterocycles. The predicted octanol–water partition coefficient (Wildman–Crippen LogP) is 5.24. The van der Waals surface area contributed by atoms with Gasteiger partial charge in [0.05, 0.1) is 18.3 Å². The minimum atomic E-state index is -0.140. The largest absolute Gasteiger partial charge is 0.322 e. The van der Waals surface area contributed by atoms with Crippen LogP contribution in [0.3, 0.4) is 0 Å². The maximum atomic E-state index is 12.9. The van der Waals surface area contributed by atoms with E-state index in [1.165, 1.54) is 0 Å². The van der Waals surface area contributed by atoms with Crippen molar-refractivity contribution in [1.29, 1.82) is 0 Å². The molecule has 1 aliphatic rings. The Morgan fingerprint density at radius 2 is 1.96 bits per heavy atom. The van der Waals surface area contributed by atoms with Crippen molar-refractivity contribution >= 4 is 23.3 Å². The summed E-state index contributed by atoms with van der Waals surface area (Å²) in [6, 6.07) is 19.3. The van der Waals surface area contributed by atoms with Crippen molar-refractivity contribution in [3.63, 3.8) is 0 Å². The molecule has 0 saturated heterocycles. The number of hydrogen-bond acceptors (Lipinski definition) is 1. The van der Waals surface area contributed by atoms with Crippen molar-refractivity contribution < 1.29 is 4.79 Å². The van der Waals surface area contributed by atoms with Crippen LogP contribution in [0.1, 0.15) is 24.2 Å². The van der Waals surface area contributed by atoms with Crippen LogP contribution in [0.4, 0.5) is 10.5 Å². The highest BCUT2D eigenvalue weighted by Gasteiger charge is 2.28. The van der Waals surface area contributed by atoms with E-state index in [0.717, 1.165) is 16.9 Å². The normalized spacial score (nSPS) is 15.9. The van der Waals surface area contributed by atoms with E-state index in [4.69, 9.17) is 11.6 Å². The van der Waals surface area contributed by atoms with Crippen LogP contribution >= 0.6 is 11.6 Å². The smallest absolute Gasteiger partial charge is 0.318 e. The minimum Gasteiger partial charge on any atom is -0.318 e. The summed E-state index contributed by atoms with van der Waals surface area (Å²) in [7, 11) is 0. The molecule has 2 aromatic carbocycles. The van der Waals surface area contributed by atoms with Crippen LogP contribution in [0.25, 0.3) is 5.69 Å². The molecule has 0 unspecified atom stereocenters. The third kappa shape index (κ3) is 2.89. The molecule has 0 aliphatic carbocycles. The molecule has 1 N–H and O–H groups in total. The number of nitrogens with one attached hydrogen (secondary N) is 1. The first kappa shape index (κ1) is 15.8. The van der Waals surface area contributed by atoms with Crippen molar-refractivity contribution in [2.45, 2.75) is 19.5 Å². The summed E-state index contributed by atoms with van der Waals surface area (Å²) in [5, 5.41) is 3.56. The fourth-order valence-electron chi connectivity index (χ4n) is 3.32. The zero-order valence-electron chi connectivity index (χ0n) is 13.8. The highest BCUT2D eigenvalue weighted by molar-refractivity contribution is 6.30. The van der Waals surface area contributed by atoms with Crippen LogP contribution in [-0.4, -0.2) is 15.5 Å². The molecule has 0 saturated carbocycles. The lowest BCUT2D eigenvalue weighted by atomic mass is 10.1. The summed E-state index contributed by atoms with van der Waals surface area (Å²) in [5.41, 5.74) is 4.02. The van der Waals surface area contributed by atoms with Gasteiger partial charge in [-0.25, -0.2) is 4.79 Å². The average Bonchev–Trinajstić information content (AvgIpc) is 3.05. The number of hydrogen-bond donors (Lipinski definition) is 1. The first-order valence-corrected chi connectivity index (χ1v) is 8.60. The number of nitrogens with zero attached hydrogens (tertiary/aromatic N) is 2. The molecule has 1 aromatic heterocycles. The Hall–Kier alpha value is -2.72. The quantitative estimate of drug-likeness (QED) is 0.639. The van der Waals surface area contributed by atoms with E-state index >= 15 is 0 Å². The van der Waals surface area contributed by atoms with E-state index in [9.17, 15) is 4.79 Å². The third-order valence-electron chi connectivity index (χ3n) is 4.60. The number of para-hydroxylation sites is 1. The Bertz CT molecular complexity index is 934. The van der Waals surface area contributed by atoms with Gasteiger partial charge in [-0.2, -0.15) is 0 Å². The monoisotopic (exact) mass is 351 g/mol. The maximum Gasteiger partial charge on any atom is 0.322 e. The number of urea groups is 1. The van der Waals surface area contributed by atoms with Crippen molar-refractivity contribution in [2.75, 3.05) is 5.32 Å². The Labute approximate surface area is 151 Å². The summed E-state index contributed by atoms with van der Waals surface area (Å²) in [4.78, 5) is 14.8. The number of benzene rings is 2. The number of halogens is 1. The van der Waals surface area contributed by atoms with Gasteiger partial charge < -0.3 is 14.8 Å². The number of amides is 2. The van der Waals surface area contributed by atoms with Crippen molar-refractivity contribution in [1.82, 2.24) is 9.47 Å². The van der Waals surface area contributed by atoms with Crippen LogP contribution in [0.15, 0.2) is 66.9 Å². The lowest BCUT2D eigenvalue weighted by Crippen LogP contribution is -2.36. The molecule has 0 bridgehead atoms. The van der Waals surface area contributed by atoms with Gasteiger partial charge in [-0.3, -0.25) is 0 Å². The van der Waals surface area contributed by atoms with Gasteiger partial charge in [0, 0.05) is 22.6 Å². The summed E-state index contributed by atoms with van der Waals surface area (Å²) in [6.07, 6.45) is 2.04. The lowest BCUT2D eigenvalue weighted by Gasteiger charge is -2.27. The predicted molar refractivity (Wildman–Crippen MR) is 100 cm³/mol. The van der Waals surface area contributed by atoms with Gasteiger partial charge in [0.15, 0.2) is 0 Å². The molecular weight excluding hydrogens is 334 g/mol. The number of carbonyl (C=O) groups excluding carboxylic acids is 1. The van der Waals surface area contributed by atoms with Gasteiger partial charge in [0.25, 0.3) is 0 Å². The molecule has 126 valence electrons. The summed E-state index contributed by atoms with van der Waals surface area (Å²) < 4.78 is 2.16. The molecule has 4 rings (SSSR count). The first-order valence-electron chi connectivity index (χ1n) is 8.22. The molecule has 0 spiro atoms. The van der Waals surface area contributed by atoms with Gasteiger partial charge in [-0.1, -0.05) is 35.9 Å². The fourth-order valence-corrected chi connectivity index (χ4v) is 3.51. The first-order chi connectivity index (χ1) is 12.1. The highest BCUT2D eigenvalue weighted by atomic mass is 35.5. The topological polar surface area (TPSA) is 37.3 Å². The molecule has 2 amide bonds. The molecule has 5 heteroatoms. The summed E-state index contributed by atoms with van der Waals surface area (Å²) in [5.74, 6) is 0. The Morgan fingerprint density at radius 3 is 2.80 bits per heavy atom. The standard InChI is InChI=1S/C20H18ClN3O/c1-14-18-10-5-11-23(18)19-9-3-2-6-15(19)13-24(14)20(25)22-17-8-4-7-16(21)12-17/h2-12,14H,13H2,1H3,(H,22,25)/t14-/m0/s1. The SMILES string of the molecule is C[C@H]1c2cccn2-c2ccccc2CN1C(=O)Nc1cccc(Cl)c1. The number of aromatic nitrogens is 1. The zero-order chi connectivity index (χ0) is 17.4. The van der Waals surface area contributed by atoms with Crippen LogP contribution in [-0.2, 0) is 6.54 Å². The maximum absolute atomic E-state index is 12.9. The zero-order valence-corrected chi connectivity index (χ0v) is 14.6. The second-order valence-electron chi connectivity index (χ2n) is 6.18. The van der Waals surface area contributed by atoms with Gasteiger partial charge in [0.1, 0.15) is 0 Å². The van der Waals surface area contributed by atoms with E-state index in [2.05, 4.69) is 35.0 Å². The van der Waals surface area contributed by atoms with Gasteiger partial charge in [-0.15, -0.1) is 0 Å². The molecule has 25 heavy (non-hydrogen) atoms. The average molecular weight is 352 g/mol. The number of carbonyl (C=O) groups is 1. The summed E-state index contributed by atoms with van der Waals surface area (Å²) in [6.45, 7) is 2.60. The van der Waals surface area contributed by atoms with Crippen LogP contribution in [0.2, 0.25) is 5.02 Å². The van der Waals surface area contributed by atoms with Crippen LogP contribution in [0, 0.1) is 0 Å². The van der Waals surface area contributed by atoms with E-state index in [1.54, 1.807) is 12.1 Å². The van der Waals surface area contributed by atoms with Crippen molar-refractivity contribution in [3.8, 4) is 5.69 Å².